The maximum atomic E-state index is 10.5. The normalized spacial score (nSPS) is 15.6. The monoisotopic (exact) mass is 227 g/mol. The van der Waals surface area contributed by atoms with Crippen LogP contribution in [-0.2, 0) is 4.79 Å². The first-order chi connectivity index (χ1) is 7.34. The van der Waals surface area contributed by atoms with Crippen LogP contribution in [0.1, 0.15) is 33.6 Å². The van der Waals surface area contributed by atoms with E-state index in [1.807, 2.05) is 13.8 Å². The van der Waals surface area contributed by atoms with E-state index in [2.05, 4.69) is 4.99 Å². The molecule has 0 fully saturated rings. The molecule has 0 heterocycles. The molecule has 0 aliphatic carbocycles. The summed E-state index contributed by atoms with van der Waals surface area (Å²) in [5.41, 5.74) is 13.1. The SMILES string of the molecule is CC(N)=NC/C(C)=C(\C)CC[C@H](N)C(=O)O. The Bertz CT molecular complexity index is 304. The molecule has 0 aromatic carbocycles. The van der Waals surface area contributed by atoms with Crippen LogP contribution in [0.15, 0.2) is 16.1 Å². The topological polar surface area (TPSA) is 102 Å². The number of amidine groups is 1. The Kier molecular flexibility index (Phi) is 6.41. The lowest BCUT2D eigenvalue weighted by atomic mass is 10.0. The quantitative estimate of drug-likeness (QED) is 0.356. The van der Waals surface area contributed by atoms with Crippen LogP contribution in [0.5, 0.6) is 0 Å². The van der Waals surface area contributed by atoms with Gasteiger partial charge in [0.1, 0.15) is 6.04 Å². The van der Waals surface area contributed by atoms with Gasteiger partial charge in [-0.2, -0.15) is 0 Å². The lowest BCUT2D eigenvalue weighted by Gasteiger charge is -2.08. The van der Waals surface area contributed by atoms with Crippen molar-refractivity contribution in [2.45, 2.75) is 39.7 Å². The standard InChI is InChI=1S/C11H21N3O2/c1-7(4-5-10(13)11(15)16)8(2)6-14-9(3)12/h10H,4-6,13H2,1-3H3,(H2,12,14)(H,15,16)/b8-7+/t10-/m0/s1. The van der Waals surface area contributed by atoms with Gasteiger partial charge < -0.3 is 16.6 Å². The first-order valence-electron chi connectivity index (χ1n) is 5.24. The van der Waals surface area contributed by atoms with Crippen molar-refractivity contribution in [3.8, 4) is 0 Å². The van der Waals surface area contributed by atoms with Gasteiger partial charge in [-0.15, -0.1) is 0 Å². The van der Waals surface area contributed by atoms with Crippen molar-refractivity contribution in [3.05, 3.63) is 11.1 Å². The van der Waals surface area contributed by atoms with Gasteiger partial charge >= 0.3 is 5.97 Å². The van der Waals surface area contributed by atoms with Gasteiger partial charge in [-0.1, -0.05) is 11.1 Å². The number of carboxylic acid groups (broad SMARTS) is 1. The Morgan fingerprint density at radius 3 is 2.31 bits per heavy atom. The minimum absolute atomic E-state index is 0.448. The molecule has 0 rings (SSSR count). The molecule has 0 aromatic heterocycles. The Morgan fingerprint density at radius 2 is 1.88 bits per heavy atom. The Labute approximate surface area is 96.2 Å². The molecule has 5 N–H and O–H groups in total. The van der Waals surface area contributed by atoms with Gasteiger partial charge in [0.05, 0.1) is 12.4 Å². The Hall–Kier alpha value is -1.36. The number of aliphatic imine (C=N–C) groups is 1. The third kappa shape index (κ3) is 6.19. The molecular formula is C11H21N3O2. The van der Waals surface area contributed by atoms with E-state index in [0.29, 0.717) is 25.2 Å². The molecule has 16 heavy (non-hydrogen) atoms. The number of carboxylic acids is 1. The van der Waals surface area contributed by atoms with Crippen LogP contribution in [0.4, 0.5) is 0 Å². The number of allylic oxidation sites excluding steroid dienone is 1. The number of aliphatic carboxylic acids is 1. The first-order valence-corrected chi connectivity index (χ1v) is 5.24. The van der Waals surface area contributed by atoms with Crippen LogP contribution in [0.2, 0.25) is 0 Å². The van der Waals surface area contributed by atoms with Crippen LogP contribution in [-0.4, -0.2) is 29.5 Å². The Balaban J connectivity index is 4.21. The second-order valence-electron chi connectivity index (χ2n) is 4.00. The lowest BCUT2D eigenvalue weighted by Crippen LogP contribution is -2.29. The van der Waals surface area contributed by atoms with E-state index in [0.717, 1.165) is 11.1 Å². The second-order valence-corrected chi connectivity index (χ2v) is 4.00. The van der Waals surface area contributed by atoms with Gasteiger partial charge in [0, 0.05) is 0 Å². The van der Waals surface area contributed by atoms with Gasteiger partial charge in [0.25, 0.3) is 0 Å². The molecule has 0 spiro atoms. The van der Waals surface area contributed by atoms with Crippen molar-refractivity contribution in [1.82, 2.24) is 0 Å². The van der Waals surface area contributed by atoms with E-state index in [1.165, 1.54) is 0 Å². The van der Waals surface area contributed by atoms with Gasteiger partial charge in [-0.25, -0.2) is 0 Å². The predicted molar refractivity (Wildman–Crippen MR) is 65.4 cm³/mol. The average Bonchev–Trinajstić information content (AvgIpc) is 2.21. The molecule has 0 radical (unpaired) electrons. The van der Waals surface area contributed by atoms with Crippen LogP contribution >= 0.6 is 0 Å². The minimum atomic E-state index is -0.957. The van der Waals surface area contributed by atoms with Crippen LogP contribution in [0, 0.1) is 0 Å². The highest BCUT2D eigenvalue weighted by Crippen LogP contribution is 2.11. The van der Waals surface area contributed by atoms with Crippen molar-refractivity contribution in [2.24, 2.45) is 16.5 Å². The average molecular weight is 227 g/mol. The summed E-state index contributed by atoms with van der Waals surface area (Å²) in [7, 11) is 0. The third-order valence-corrected chi connectivity index (χ3v) is 2.44. The minimum Gasteiger partial charge on any atom is -0.480 e. The van der Waals surface area contributed by atoms with Crippen LogP contribution in [0.25, 0.3) is 0 Å². The summed E-state index contributed by atoms with van der Waals surface area (Å²) in [6, 6.07) is -0.789. The largest absolute Gasteiger partial charge is 0.480 e. The smallest absolute Gasteiger partial charge is 0.320 e. The molecule has 0 aliphatic heterocycles. The highest BCUT2D eigenvalue weighted by molar-refractivity contribution is 5.77. The summed E-state index contributed by atoms with van der Waals surface area (Å²) in [4.78, 5) is 14.6. The Morgan fingerprint density at radius 1 is 1.31 bits per heavy atom. The highest BCUT2D eigenvalue weighted by atomic mass is 16.4. The molecule has 5 nitrogen and oxygen atoms in total. The first kappa shape index (κ1) is 14.6. The fourth-order valence-electron chi connectivity index (χ4n) is 1.09. The van der Waals surface area contributed by atoms with Gasteiger partial charge in [0.2, 0.25) is 0 Å². The fourth-order valence-corrected chi connectivity index (χ4v) is 1.09. The summed E-state index contributed by atoms with van der Waals surface area (Å²) in [5, 5.41) is 8.63. The molecule has 0 aliphatic rings. The number of hydrogen-bond acceptors (Lipinski definition) is 3. The molecule has 0 unspecified atom stereocenters. The maximum absolute atomic E-state index is 10.5. The summed E-state index contributed by atoms with van der Waals surface area (Å²) >= 11 is 0. The van der Waals surface area contributed by atoms with E-state index < -0.39 is 12.0 Å². The molecule has 0 saturated heterocycles. The summed E-state index contributed by atoms with van der Waals surface area (Å²) in [6.07, 6.45) is 1.13. The van der Waals surface area contributed by atoms with Crippen LogP contribution < -0.4 is 11.5 Å². The number of nitrogens with zero attached hydrogens (tertiary/aromatic N) is 1. The lowest BCUT2D eigenvalue weighted by molar-refractivity contribution is -0.138. The molecule has 0 amide bonds. The molecule has 0 saturated carbocycles. The zero-order chi connectivity index (χ0) is 12.7. The second kappa shape index (κ2) is 7.00. The predicted octanol–water partition coefficient (Wildman–Crippen LogP) is 0.892. The van der Waals surface area contributed by atoms with Gasteiger partial charge in [-0.05, 0) is 33.6 Å². The molecule has 92 valence electrons. The van der Waals surface area contributed by atoms with Gasteiger partial charge in [0.15, 0.2) is 0 Å². The van der Waals surface area contributed by atoms with Crippen LogP contribution in [0.3, 0.4) is 0 Å². The van der Waals surface area contributed by atoms with E-state index >= 15 is 0 Å². The van der Waals surface area contributed by atoms with E-state index in [-0.39, 0.29) is 0 Å². The fraction of sp³-hybridized carbons (Fsp3) is 0.636. The zero-order valence-corrected chi connectivity index (χ0v) is 10.2. The molecule has 0 aromatic rings. The molecule has 0 bridgehead atoms. The van der Waals surface area contributed by atoms with E-state index in [1.54, 1.807) is 6.92 Å². The maximum Gasteiger partial charge on any atom is 0.320 e. The number of rotatable bonds is 6. The van der Waals surface area contributed by atoms with E-state index in [4.69, 9.17) is 16.6 Å². The molecular weight excluding hydrogens is 206 g/mol. The zero-order valence-electron chi connectivity index (χ0n) is 10.2. The third-order valence-electron chi connectivity index (χ3n) is 2.44. The summed E-state index contributed by atoms with van der Waals surface area (Å²) in [6.45, 7) is 6.23. The summed E-state index contributed by atoms with van der Waals surface area (Å²) < 4.78 is 0. The number of carbonyl (C=O) groups is 1. The molecule has 1 atom stereocenters. The highest BCUT2D eigenvalue weighted by Gasteiger charge is 2.11. The van der Waals surface area contributed by atoms with Crippen molar-refractivity contribution in [1.29, 1.82) is 0 Å². The number of hydrogen-bond donors (Lipinski definition) is 3. The summed E-state index contributed by atoms with van der Waals surface area (Å²) in [5.74, 6) is -0.407. The van der Waals surface area contributed by atoms with E-state index in [9.17, 15) is 4.79 Å². The van der Waals surface area contributed by atoms with Gasteiger partial charge in [-0.3, -0.25) is 9.79 Å². The van der Waals surface area contributed by atoms with Crippen molar-refractivity contribution in [2.75, 3.05) is 6.54 Å². The van der Waals surface area contributed by atoms with Crippen molar-refractivity contribution in [3.63, 3.8) is 0 Å². The number of nitrogens with two attached hydrogens (primary N) is 2. The molecule has 5 heteroatoms. The van der Waals surface area contributed by atoms with Crippen molar-refractivity contribution >= 4 is 11.8 Å². The van der Waals surface area contributed by atoms with Crippen molar-refractivity contribution < 1.29 is 9.90 Å².